The number of benzene rings is 1. The van der Waals surface area contributed by atoms with Crippen LogP contribution in [0.5, 0.6) is 5.75 Å². The molecule has 0 fully saturated rings. The van der Waals surface area contributed by atoms with Crippen molar-refractivity contribution in [2.45, 2.75) is 19.4 Å². The maximum Gasteiger partial charge on any atom is 0.220 e. The van der Waals surface area contributed by atoms with Crippen LogP contribution < -0.4 is 15.4 Å². The Hall–Kier alpha value is -1.62. The summed E-state index contributed by atoms with van der Waals surface area (Å²) >= 11 is 0. The quantitative estimate of drug-likeness (QED) is 0.724. The number of carbonyl (C=O) groups is 1. The largest absolute Gasteiger partial charge is 0.496 e. The third kappa shape index (κ3) is 4.71. The Bertz CT molecular complexity index is 397. The molecule has 0 bridgehead atoms. The van der Waals surface area contributed by atoms with E-state index >= 15 is 0 Å². The Morgan fingerprint density at radius 1 is 1.44 bits per heavy atom. The molecule has 1 aromatic rings. The predicted octanol–water partition coefficient (Wildman–Crippen LogP) is 1.45. The number of amides is 1. The van der Waals surface area contributed by atoms with Crippen LogP contribution in [-0.2, 0) is 11.3 Å². The van der Waals surface area contributed by atoms with Gasteiger partial charge >= 0.3 is 0 Å². The molecule has 4 nitrogen and oxygen atoms in total. The van der Waals surface area contributed by atoms with Gasteiger partial charge in [-0.2, -0.15) is 0 Å². The summed E-state index contributed by atoms with van der Waals surface area (Å²) in [6.45, 7) is 1.08. The Morgan fingerprint density at radius 2 is 2.22 bits per heavy atom. The van der Waals surface area contributed by atoms with Gasteiger partial charge in [0.1, 0.15) is 11.6 Å². The van der Waals surface area contributed by atoms with Gasteiger partial charge in [-0.3, -0.25) is 4.79 Å². The Morgan fingerprint density at radius 3 is 2.89 bits per heavy atom. The highest BCUT2D eigenvalue weighted by molar-refractivity contribution is 5.75. The van der Waals surface area contributed by atoms with E-state index in [1.54, 1.807) is 6.07 Å². The number of nitrogens with one attached hydrogen (secondary N) is 2. The molecule has 0 radical (unpaired) electrons. The van der Waals surface area contributed by atoms with Gasteiger partial charge in [0.15, 0.2) is 0 Å². The second-order valence-corrected chi connectivity index (χ2v) is 3.94. The second kappa shape index (κ2) is 7.66. The molecule has 0 atom stereocenters. The van der Waals surface area contributed by atoms with Crippen molar-refractivity contribution >= 4 is 5.91 Å². The molecule has 18 heavy (non-hydrogen) atoms. The summed E-state index contributed by atoms with van der Waals surface area (Å²) in [6.07, 6.45) is 1.24. The summed E-state index contributed by atoms with van der Waals surface area (Å²) in [4.78, 5) is 11.5. The monoisotopic (exact) mass is 254 g/mol. The average Bonchev–Trinajstić information content (AvgIpc) is 2.37. The first-order valence-corrected chi connectivity index (χ1v) is 5.91. The highest BCUT2D eigenvalue weighted by atomic mass is 19.1. The zero-order chi connectivity index (χ0) is 13.4. The van der Waals surface area contributed by atoms with Crippen LogP contribution in [0, 0.1) is 5.82 Å². The van der Waals surface area contributed by atoms with Gasteiger partial charge in [0, 0.05) is 18.5 Å². The van der Waals surface area contributed by atoms with Crippen LogP contribution in [0.15, 0.2) is 18.2 Å². The first-order chi connectivity index (χ1) is 8.67. The van der Waals surface area contributed by atoms with Crippen LogP contribution in [-0.4, -0.2) is 26.6 Å². The van der Waals surface area contributed by atoms with Crippen molar-refractivity contribution in [2.75, 3.05) is 20.7 Å². The lowest BCUT2D eigenvalue weighted by Gasteiger charge is -2.10. The van der Waals surface area contributed by atoms with Gasteiger partial charge < -0.3 is 15.4 Å². The summed E-state index contributed by atoms with van der Waals surface area (Å²) in [6, 6.07) is 4.25. The van der Waals surface area contributed by atoms with E-state index in [1.165, 1.54) is 19.2 Å². The van der Waals surface area contributed by atoms with Crippen molar-refractivity contribution in [1.29, 1.82) is 0 Å². The number of halogens is 1. The van der Waals surface area contributed by atoms with Crippen molar-refractivity contribution in [1.82, 2.24) is 10.6 Å². The van der Waals surface area contributed by atoms with Gasteiger partial charge in [-0.1, -0.05) is 0 Å². The number of methoxy groups -OCH3 is 1. The first kappa shape index (κ1) is 14.4. The van der Waals surface area contributed by atoms with Crippen molar-refractivity contribution < 1.29 is 13.9 Å². The van der Waals surface area contributed by atoms with Gasteiger partial charge in [-0.25, -0.2) is 4.39 Å². The Balaban J connectivity index is 2.47. The summed E-state index contributed by atoms with van der Waals surface area (Å²) in [5.74, 6) is 0.193. The first-order valence-electron chi connectivity index (χ1n) is 5.91. The van der Waals surface area contributed by atoms with Crippen LogP contribution >= 0.6 is 0 Å². The molecule has 5 heteroatoms. The lowest BCUT2D eigenvalue weighted by atomic mass is 10.2. The van der Waals surface area contributed by atoms with Gasteiger partial charge in [0.05, 0.1) is 7.11 Å². The minimum Gasteiger partial charge on any atom is -0.496 e. The molecule has 0 aliphatic rings. The number of carbonyl (C=O) groups excluding carboxylic acids is 1. The topological polar surface area (TPSA) is 50.4 Å². The standard InChI is InChI=1S/C13H19FN2O2/c1-15-7-3-4-13(17)16-9-10-8-11(14)5-6-12(10)18-2/h5-6,8,15H,3-4,7,9H2,1-2H3,(H,16,17). The van der Waals surface area contributed by atoms with E-state index in [4.69, 9.17) is 4.74 Å². The molecule has 0 spiro atoms. The number of ether oxygens (including phenoxy) is 1. The molecule has 1 aromatic carbocycles. The van der Waals surface area contributed by atoms with Crippen LogP contribution in [0.25, 0.3) is 0 Å². The number of hydrogen-bond acceptors (Lipinski definition) is 3. The maximum absolute atomic E-state index is 13.1. The smallest absolute Gasteiger partial charge is 0.220 e. The SMILES string of the molecule is CNCCCC(=O)NCc1cc(F)ccc1OC. The molecular formula is C13H19FN2O2. The summed E-state index contributed by atoms with van der Waals surface area (Å²) in [5.41, 5.74) is 0.638. The molecule has 0 aliphatic heterocycles. The fraction of sp³-hybridized carbons (Fsp3) is 0.462. The molecule has 0 saturated carbocycles. The molecule has 2 N–H and O–H groups in total. The van der Waals surface area contributed by atoms with Crippen LogP contribution in [0.1, 0.15) is 18.4 Å². The third-order valence-corrected chi connectivity index (χ3v) is 2.55. The van der Waals surface area contributed by atoms with E-state index < -0.39 is 0 Å². The Kier molecular flexibility index (Phi) is 6.14. The van der Waals surface area contributed by atoms with E-state index in [1.807, 2.05) is 7.05 Å². The van der Waals surface area contributed by atoms with Gasteiger partial charge in [-0.05, 0) is 38.2 Å². The zero-order valence-electron chi connectivity index (χ0n) is 10.8. The third-order valence-electron chi connectivity index (χ3n) is 2.55. The van der Waals surface area contributed by atoms with Gasteiger partial charge in [0.2, 0.25) is 5.91 Å². The molecule has 0 heterocycles. The van der Waals surface area contributed by atoms with E-state index in [0.717, 1.165) is 13.0 Å². The maximum atomic E-state index is 13.1. The molecule has 1 rings (SSSR count). The fourth-order valence-electron chi connectivity index (χ4n) is 1.59. The molecule has 0 unspecified atom stereocenters. The second-order valence-electron chi connectivity index (χ2n) is 3.94. The minimum atomic E-state index is -0.338. The van der Waals surface area contributed by atoms with Crippen molar-refractivity contribution in [3.8, 4) is 5.75 Å². The summed E-state index contributed by atoms with van der Waals surface area (Å²) in [7, 11) is 3.36. The normalized spacial score (nSPS) is 10.2. The van der Waals surface area contributed by atoms with Crippen molar-refractivity contribution in [3.05, 3.63) is 29.6 Å². The molecule has 100 valence electrons. The molecular weight excluding hydrogens is 235 g/mol. The van der Waals surface area contributed by atoms with Crippen LogP contribution in [0.4, 0.5) is 4.39 Å². The van der Waals surface area contributed by atoms with Crippen LogP contribution in [0.3, 0.4) is 0 Å². The van der Waals surface area contributed by atoms with E-state index in [-0.39, 0.29) is 18.3 Å². The fourth-order valence-corrected chi connectivity index (χ4v) is 1.59. The van der Waals surface area contributed by atoms with Gasteiger partial charge in [0.25, 0.3) is 0 Å². The molecule has 1 amide bonds. The Labute approximate surface area is 107 Å². The lowest BCUT2D eigenvalue weighted by Crippen LogP contribution is -2.24. The summed E-state index contributed by atoms with van der Waals surface area (Å²) in [5, 5.41) is 5.72. The van der Waals surface area contributed by atoms with E-state index in [0.29, 0.717) is 17.7 Å². The average molecular weight is 254 g/mol. The molecule has 0 saturated heterocycles. The van der Waals surface area contributed by atoms with Crippen molar-refractivity contribution in [2.24, 2.45) is 0 Å². The van der Waals surface area contributed by atoms with Crippen molar-refractivity contribution in [3.63, 3.8) is 0 Å². The summed E-state index contributed by atoms with van der Waals surface area (Å²) < 4.78 is 18.2. The predicted molar refractivity (Wildman–Crippen MR) is 68.0 cm³/mol. The lowest BCUT2D eigenvalue weighted by molar-refractivity contribution is -0.121. The zero-order valence-corrected chi connectivity index (χ0v) is 10.8. The van der Waals surface area contributed by atoms with Gasteiger partial charge in [-0.15, -0.1) is 0 Å². The van der Waals surface area contributed by atoms with E-state index in [2.05, 4.69) is 10.6 Å². The number of rotatable bonds is 7. The number of hydrogen-bond donors (Lipinski definition) is 2. The van der Waals surface area contributed by atoms with E-state index in [9.17, 15) is 9.18 Å². The van der Waals surface area contributed by atoms with Crippen LogP contribution in [0.2, 0.25) is 0 Å². The highest BCUT2D eigenvalue weighted by Gasteiger charge is 2.06. The molecule has 0 aromatic heterocycles. The minimum absolute atomic E-state index is 0.0448. The highest BCUT2D eigenvalue weighted by Crippen LogP contribution is 2.18. The molecule has 0 aliphatic carbocycles.